The quantitative estimate of drug-likeness (QED) is 0.594. The molecule has 0 aromatic carbocycles. The van der Waals surface area contributed by atoms with Crippen molar-refractivity contribution < 1.29 is 4.74 Å². The van der Waals surface area contributed by atoms with E-state index in [0.717, 1.165) is 6.54 Å². The van der Waals surface area contributed by atoms with Gasteiger partial charge >= 0.3 is 0 Å². The Labute approximate surface area is 56.6 Å². The lowest BCUT2D eigenvalue weighted by atomic mass is 10.1. The van der Waals surface area contributed by atoms with Crippen molar-refractivity contribution in [3.63, 3.8) is 0 Å². The summed E-state index contributed by atoms with van der Waals surface area (Å²) in [5.41, 5.74) is 0. The molecule has 0 aromatic rings. The lowest BCUT2D eigenvalue weighted by Crippen LogP contribution is -2.20. The highest BCUT2D eigenvalue weighted by Gasteiger charge is 2.21. The molecule has 1 N–H and O–H groups in total. The third-order valence-electron chi connectivity index (χ3n) is 2.01. The fourth-order valence-electron chi connectivity index (χ4n) is 1.27. The molecule has 0 amide bonds. The van der Waals surface area contributed by atoms with E-state index in [2.05, 4.69) is 12.2 Å². The van der Waals surface area contributed by atoms with Crippen LogP contribution in [0.5, 0.6) is 0 Å². The third kappa shape index (κ3) is 1.66. The van der Waals surface area contributed by atoms with E-state index in [4.69, 9.17) is 4.74 Å². The van der Waals surface area contributed by atoms with Crippen LogP contribution in [0.1, 0.15) is 19.8 Å². The second-order valence-electron chi connectivity index (χ2n) is 2.61. The van der Waals surface area contributed by atoms with E-state index in [0.29, 0.717) is 12.1 Å². The Morgan fingerprint density at radius 3 is 2.78 bits per heavy atom. The van der Waals surface area contributed by atoms with E-state index in [1.54, 1.807) is 7.11 Å². The van der Waals surface area contributed by atoms with Crippen LogP contribution in [0.15, 0.2) is 0 Å². The first-order valence-corrected chi connectivity index (χ1v) is 3.63. The molecule has 2 nitrogen and oxygen atoms in total. The first kappa shape index (κ1) is 7.03. The summed E-state index contributed by atoms with van der Waals surface area (Å²) in [6, 6.07) is 0.704. The molecule has 0 unspecified atom stereocenters. The van der Waals surface area contributed by atoms with Crippen molar-refractivity contribution in [2.75, 3.05) is 13.7 Å². The topological polar surface area (TPSA) is 21.3 Å². The van der Waals surface area contributed by atoms with Gasteiger partial charge in [0, 0.05) is 19.7 Å². The molecule has 0 spiro atoms. The molecule has 1 aliphatic rings. The number of nitrogens with one attached hydrogen (secondary N) is 1. The lowest BCUT2D eigenvalue weighted by Gasteiger charge is -2.04. The Bertz CT molecular complexity index is 75.0. The number of hydrogen-bond acceptors (Lipinski definition) is 2. The Hall–Kier alpha value is -0.0800. The van der Waals surface area contributed by atoms with E-state index in [-0.39, 0.29) is 0 Å². The van der Waals surface area contributed by atoms with Gasteiger partial charge in [-0.05, 0) is 12.8 Å². The zero-order valence-corrected chi connectivity index (χ0v) is 6.18. The van der Waals surface area contributed by atoms with Crippen LogP contribution in [-0.2, 0) is 4.74 Å². The van der Waals surface area contributed by atoms with Crippen LogP contribution < -0.4 is 5.32 Å². The minimum Gasteiger partial charge on any atom is -0.380 e. The van der Waals surface area contributed by atoms with Crippen LogP contribution in [0.2, 0.25) is 0 Å². The molecule has 9 heavy (non-hydrogen) atoms. The van der Waals surface area contributed by atoms with Crippen molar-refractivity contribution in [3.8, 4) is 0 Å². The number of ether oxygens (including phenoxy) is 1. The summed E-state index contributed by atoms with van der Waals surface area (Å²) >= 11 is 0. The molecule has 1 rings (SSSR count). The van der Waals surface area contributed by atoms with Crippen LogP contribution in [0, 0.1) is 0 Å². The standard InChI is InChI=1S/C7H15NO/c1-3-6-4-7(9-2)5-8-6/h6-8H,3-5H2,1-2H3/t6-,7+/m0/s1. The average molecular weight is 129 g/mol. The fraction of sp³-hybridized carbons (Fsp3) is 1.00. The highest BCUT2D eigenvalue weighted by molar-refractivity contribution is 4.80. The van der Waals surface area contributed by atoms with Gasteiger partial charge in [0.1, 0.15) is 0 Å². The molecular weight excluding hydrogens is 114 g/mol. The molecule has 0 aromatic heterocycles. The second-order valence-corrected chi connectivity index (χ2v) is 2.61. The van der Waals surface area contributed by atoms with Crippen molar-refractivity contribution in [2.45, 2.75) is 31.9 Å². The number of methoxy groups -OCH3 is 1. The Kier molecular flexibility index (Phi) is 2.49. The molecule has 0 bridgehead atoms. The lowest BCUT2D eigenvalue weighted by molar-refractivity contribution is 0.117. The van der Waals surface area contributed by atoms with Crippen molar-refractivity contribution in [3.05, 3.63) is 0 Å². The normalized spacial score (nSPS) is 35.3. The van der Waals surface area contributed by atoms with Gasteiger partial charge in [-0.15, -0.1) is 0 Å². The van der Waals surface area contributed by atoms with Crippen molar-refractivity contribution >= 4 is 0 Å². The van der Waals surface area contributed by atoms with Crippen LogP contribution in [0.3, 0.4) is 0 Å². The highest BCUT2D eigenvalue weighted by atomic mass is 16.5. The Morgan fingerprint density at radius 1 is 1.67 bits per heavy atom. The highest BCUT2D eigenvalue weighted by Crippen LogP contribution is 2.11. The molecule has 0 saturated carbocycles. The van der Waals surface area contributed by atoms with Crippen LogP contribution in [0.4, 0.5) is 0 Å². The maximum atomic E-state index is 5.18. The molecule has 0 radical (unpaired) electrons. The van der Waals surface area contributed by atoms with Crippen molar-refractivity contribution in [1.82, 2.24) is 5.32 Å². The summed E-state index contributed by atoms with van der Waals surface area (Å²) in [5, 5.41) is 3.38. The zero-order valence-electron chi connectivity index (χ0n) is 6.18. The van der Waals surface area contributed by atoms with Crippen LogP contribution in [0.25, 0.3) is 0 Å². The smallest absolute Gasteiger partial charge is 0.0710 e. The molecule has 0 aliphatic carbocycles. The maximum Gasteiger partial charge on any atom is 0.0710 e. The molecule has 1 heterocycles. The van der Waals surface area contributed by atoms with E-state index < -0.39 is 0 Å². The van der Waals surface area contributed by atoms with Gasteiger partial charge in [-0.25, -0.2) is 0 Å². The van der Waals surface area contributed by atoms with Gasteiger partial charge in [-0.1, -0.05) is 6.92 Å². The molecule has 1 saturated heterocycles. The molecule has 1 aliphatic heterocycles. The van der Waals surface area contributed by atoms with E-state index >= 15 is 0 Å². The molecule has 54 valence electrons. The predicted octanol–water partition coefficient (Wildman–Crippen LogP) is 0.773. The predicted molar refractivity (Wildman–Crippen MR) is 37.5 cm³/mol. The van der Waals surface area contributed by atoms with Gasteiger partial charge in [0.2, 0.25) is 0 Å². The maximum absolute atomic E-state index is 5.18. The van der Waals surface area contributed by atoms with Gasteiger partial charge < -0.3 is 10.1 Å². The van der Waals surface area contributed by atoms with Crippen molar-refractivity contribution in [1.29, 1.82) is 0 Å². The van der Waals surface area contributed by atoms with E-state index in [1.807, 2.05) is 0 Å². The summed E-state index contributed by atoms with van der Waals surface area (Å²) in [6.45, 7) is 3.24. The summed E-state index contributed by atoms with van der Waals surface area (Å²) in [7, 11) is 1.78. The number of rotatable bonds is 2. The van der Waals surface area contributed by atoms with Crippen molar-refractivity contribution in [2.24, 2.45) is 0 Å². The summed E-state index contributed by atoms with van der Waals surface area (Å²) in [4.78, 5) is 0. The van der Waals surface area contributed by atoms with Gasteiger partial charge in [-0.3, -0.25) is 0 Å². The van der Waals surface area contributed by atoms with E-state index in [9.17, 15) is 0 Å². The Morgan fingerprint density at radius 2 is 2.44 bits per heavy atom. The largest absolute Gasteiger partial charge is 0.380 e. The first-order chi connectivity index (χ1) is 4.36. The molecule has 1 fully saturated rings. The van der Waals surface area contributed by atoms with Crippen LogP contribution >= 0.6 is 0 Å². The second kappa shape index (κ2) is 3.18. The average Bonchev–Trinajstić information content (AvgIpc) is 2.34. The fourth-order valence-corrected chi connectivity index (χ4v) is 1.27. The molecule has 2 atom stereocenters. The van der Waals surface area contributed by atoms with Crippen LogP contribution in [-0.4, -0.2) is 25.8 Å². The van der Waals surface area contributed by atoms with Gasteiger partial charge in [-0.2, -0.15) is 0 Å². The monoisotopic (exact) mass is 129 g/mol. The first-order valence-electron chi connectivity index (χ1n) is 3.63. The van der Waals surface area contributed by atoms with Gasteiger partial charge in [0.05, 0.1) is 6.10 Å². The molecular formula is C7H15NO. The minimum absolute atomic E-state index is 0.468. The molecule has 2 heteroatoms. The summed E-state index contributed by atoms with van der Waals surface area (Å²) < 4.78 is 5.18. The summed E-state index contributed by atoms with van der Waals surface area (Å²) in [6.07, 6.45) is 2.88. The van der Waals surface area contributed by atoms with Gasteiger partial charge in [0.15, 0.2) is 0 Å². The van der Waals surface area contributed by atoms with E-state index in [1.165, 1.54) is 12.8 Å². The Balaban J connectivity index is 2.20. The zero-order chi connectivity index (χ0) is 6.69. The summed E-state index contributed by atoms with van der Waals surface area (Å²) in [5.74, 6) is 0. The van der Waals surface area contributed by atoms with Gasteiger partial charge in [0.25, 0.3) is 0 Å². The SMILES string of the molecule is CC[C@H]1C[C@@H](OC)CN1. The number of hydrogen-bond donors (Lipinski definition) is 1. The minimum atomic E-state index is 0.468. The third-order valence-corrected chi connectivity index (χ3v) is 2.01.